The van der Waals surface area contributed by atoms with Crippen LogP contribution in [0.5, 0.6) is 5.75 Å². The highest BCUT2D eigenvalue weighted by molar-refractivity contribution is 5.75. The molecule has 0 aliphatic rings. The van der Waals surface area contributed by atoms with Crippen molar-refractivity contribution in [1.82, 2.24) is 0 Å². The Morgan fingerprint density at radius 2 is 1.91 bits per heavy atom. The molecule has 7 heteroatoms. The van der Waals surface area contributed by atoms with E-state index in [4.69, 9.17) is 22.3 Å². The molecule has 1 atom stereocenters. The first-order valence-electron chi connectivity index (χ1n) is 7.48. The van der Waals surface area contributed by atoms with Crippen LogP contribution in [0.3, 0.4) is 0 Å². The third kappa shape index (κ3) is 9.36. The van der Waals surface area contributed by atoms with Gasteiger partial charge in [-0.2, -0.15) is 0 Å². The largest absolute Gasteiger partial charge is 0.508 e. The molecule has 1 aromatic carbocycles. The number of aromatic hydroxyl groups is 1. The van der Waals surface area contributed by atoms with E-state index in [1.54, 1.807) is 6.07 Å². The summed E-state index contributed by atoms with van der Waals surface area (Å²) in [7, 11) is 0. The maximum atomic E-state index is 10.2. The molecule has 1 rings (SSSR count). The first-order valence-corrected chi connectivity index (χ1v) is 7.48. The van der Waals surface area contributed by atoms with Crippen LogP contribution in [0, 0.1) is 6.92 Å². The lowest BCUT2D eigenvalue weighted by atomic mass is 10.0. The monoisotopic (exact) mass is 324 g/mol. The second kappa shape index (κ2) is 10.4. The summed E-state index contributed by atoms with van der Waals surface area (Å²) in [4.78, 5) is 13.9. The Balaban J connectivity index is 0.000000422. The van der Waals surface area contributed by atoms with Gasteiger partial charge in [-0.25, -0.2) is 0 Å². The van der Waals surface area contributed by atoms with E-state index >= 15 is 0 Å². The van der Waals surface area contributed by atoms with E-state index in [-0.39, 0.29) is 5.96 Å². The lowest BCUT2D eigenvalue weighted by Crippen LogP contribution is -2.30. The Morgan fingerprint density at radius 1 is 1.30 bits per heavy atom. The molecule has 0 aliphatic carbocycles. The Morgan fingerprint density at radius 3 is 2.35 bits per heavy atom. The quantitative estimate of drug-likeness (QED) is 0.302. The van der Waals surface area contributed by atoms with Crippen LogP contribution in [-0.4, -0.2) is 34.7 Å². The van der Waals surface area contributed by atoms with Gasteiger partial charge in [-0.05, 0) is 42.9 Å². The van der Waals surface area contributed by atoms with E-state index in [1.807, 2.05) is 19.1 Å². The van der Waals surface area contributed by atoms with Crippen molar-refractivity contribution in [2.24, 2.45) is 22.2 Å². The maximum absolute atomic E-state index is 10.2. The molecule has 1 unspecified atom stereocenters. The number of hydrogen-bond donors (Lipinski definition) is 5. The minimum absolute atomic E-state index is 0.0129. The molecule has 0 aliphatic heterocycles. The van der Waals surface area contributed by atoms with Gasteiger partial charge in [-0.1, -0.05) is 26.0 Å². The van der Waals surface area contributed by atoms with Crippen LogP contribution in [0.1, 0.15) is 43.7 Å². The summed E-state index contributed by atoms with van der Waals surface area (Å²) in [6.07, 6.45) is 0.956. The highest BCUT2D eigenvalue weighted by Crippen LogP contribution is 2.25. The first-order chi connectivity index (χ1) is 10.6. The van der Waals surface area contributed by atoms with E-state index in [1.165, 1.54) is 0 Å². The van der Waals surface area contributed by atoms with Crippen LogP contribution in [0.25, 0.3) is 0 Å². The van der Waals surface area contributed by atoms with E-state index in [9.17, 15) is 9.90 Å². The number of carboxylic acids is 1. The van der Waals surface area contributed by atoms with Gasteiger partial charge in [-0.3, -0.25) is 9.79 Å². The van der Waals surface area contributed by atoms with Crippen molar-refractivity contribution in [3.63, 3.8) is 0 Å². The van der Waals surface area contributed by atoms with Crippen LogP contribution >= 0.6 is 0 Å². The Kier molecular flexibility index (Phi) is 9.41. The zero-order valence-electron chi connectivity index (χ0n) is 14.0. The predicted octanol–water partition coefficient (Wildman–Crippen LogP) is 1.28. The molecule has 1 aromatic rings. The second-order valence-corrected chi connectivity index (χ2v) is 5.61. The zero-order valence-corrected chi connectivity index (χ0v) is 14.0. The van der Waals surface area contributed by atoms with Gasteiger partial charge < -0.3 is 27.4 Å². The van der Waals surface area contributed by atoms with E-state index < -0.39 is 12.0 Å². The minimum atomic E-state index is -1.00. The Hall–Kier alpha value is -2.28. The van der Waals surface area contributed by atoms with E-state index in [0.717, 1.165) is 11.1 Å². The van der Waals surface area contributed by atoms with E-state index in [0.29, 0.717) is 31.1 Å². The smallest absolute Gasteiger partial charge is 0.320 e. The van der Waals surface area contributed by atoms with Crippen LogP contribution in [0.4, 0.5) is 0 Å². The zero-order chi connectivity index (χ0) is 18.0. The molecule has 7 nitrogen and oxygen atoms in total. The molecule has 0 fully saturated rings. The molecule has 8 N–H and O–H groups in total. The number of hydrogen-bond acceptors (Lipinski definition) is 4. The van der Waals surface area contributed by atoms with Gasteiger partial charge in [0.1, 0.15) is 11.8 Å². The van der Waals surface area contributed by atoms with Gasteiger partial charge in [0.25, 0.3) is 0 Å². The van der Waals surface area contributed by atoms with Crippen molar-refractivity contribution in [1.29, 1.82) is 0 Å². The van der Waals surface area contributed by atoms with Gasteiger partial charge in [0.15, 0.2) is 5.96 Å². The van der Waals surface area contributed by atoms with Gasteiger partial charge >= 0.3 is 5.97 Å². The molecule has 0 bridgehead atoms. The normalized spacial score (nSPS) is 11.3. The maximum Gasteiger partial charge on any atom is 0.320 e. The molecule has 0 heterocycles. The lowest BCUT2D eigenvalue weighted by molar-refractivity contribution is -0.138. The number of phenols is 1. The fourth-order valence-electron chi connectivity index (χ4n) is 1.78. The van der Waals surface area contributed by atoms with Gasteiger partial charge in [0, 0.05) is 6.54 Å². The van der Waals surface area contributed by atoms with Crippen molar-refractivity contribution in [2.75, 3.05) is 6.54 Å². The average Bonchev–Trinajstić information content (AvgIpc) is 2.43. The van der Waals surface area contributed by atoms with E-state index in [2.05, 4.69) is 18.8 Å². The van der Waals surface area contributed by atoms with Gasteiger partial charge in [0.2, 0.25) is 0 Å². The van der Waals surface area contributed by atoms with Crippen molar-refractivity contribution < 1.29 is 15.0 Å². The average molecular weight is 324 g/mol. The fourth-order valence-corrected chi connectivity index (χ4v) is 1.78. The molecule has 0 amide bonds. The second-order valence-electron chi connectivity index (χ2n) is 5.61. The molecular formula is C16H28N4O3. The SMILES string of the molecule is Cc1ccc(C(C)C)c(O)c1.NC(N)=NCCCC(N)C(=O)O. The standard InChI is InChI=1S/C10H14O.C6H14N4O2/c1-7(2)9-5-4-8(3)6-10(9)11;7-4(5(11)12)2-1-3-10-6(8)9/h4-7,11H,1-3H3;4H,1-3,7H2,(H,11,12)(H4,8,9,10). The number of carboxylic acid groups (broad SMARTS) is 1. The molecule has 130 valence electrons. The third-order valence-corrected chi connectivity index (χ3v) is 3.09. The van der Waals surface area contributed by atoms with Crippen molar-refractivity contribution in [2.45, 2.75) is 45.6 Å². The van der Waals surface area contributed by atoms with Gasteiger partial charge in [0.05, 0.1) is 0 Å². The molecular weight excluding hydrogens is 296 g/mol. The summed E-state index contributed by atoms with van der Waals surface area (Å²) in [5.41, 5.74) is 17.4. The lowest BCUT2D eigenvalue weighted by Gasteiger charge is -2.07. The molecule has 0 saturated heterocycles. The van der Waals surface area contributed by atoms with Gasteiger partial charge in [-0.15, -0.1) is 0 Å². The third-order valence-electron chi connectivity index (χ3n) is 3.09. The van der Waals surface area contributed by atoms with Crippen molar-refractivity contribution in [3.05, 3.63) is 29.3 Å². The number of aliphatic imine (C=N–C) groups is 1. The van der Waals surface area contributed by atoms with Crippen molar-refractivity contribution >= 4 is 11.9 Å². The number of benzene rings is 1. The summed E-state index contributed by atoms with van der Waals surface area (Å²) in [5, 5.41) is 17.8. The predicted molar refractivity (Wildman–Crippen MR) is 92.5 cm³/mol. The molecule has 0 spiro atoms. The highest BCUT2D eigenvalue weighted by atomic mass is 16.4. The fraction of sp³-hybridized carbons (Fsp3) is 0.500. The van der Waals surface area contributed by atoms with Crippen LogP contribution in [0.15, 0.2) is 23.2 Å². The summed E-state index contributed by atoms with van der Waals surface area (Å²) in [5.74, 6) is -0.172. The summed E-state index contributed by atoms with van der Waals surface area (Å²) in [6, 6.07) is 4.99. The first kappa shape index (κ1) is 20.7. The molecule has 0 aromatic heterocycles. The number of aliphatic carboxylic acids is 1. The molecule has 23 heavy (non-hydrogen) atoms. The van der Waals surface area contributed by atoms with Crippen LogP contribution in [0.2, 0.25) is 0 Å². The number of carbonyl (C=O) groups is 1. The molecule has 0 saturated carbocycles. The number of guanidine groups is 1. The number of phenolic OH excluding ortho intramolecular Hbond substituents is 1. The number of aryl methyl sites for hydroxylation is 1. The van der Waals surface area contributed by atoms with Crippen molar-refractivity contribution in [3.8, 4) is 5.75 Å². The Labute approximate surface area is 137 Å². The van der Waals surface area contributed by atoms with Crippen LogP contribution in [-0.2, 0) is 4.79 Å². The summed E-state index contributed by atoms with van der Waals surface area (Å²) in [6.45, 7) is 6.54. The summed E-state index contributed by atoms with van der Waals surface area (Å²) < 4.78 is 0. The summed E-state index contributed by atoms with van der Waals surface area (Å²) >= 11 is 0. The van der Waals surface area contributed by atoms with Crippen LogP contribution < -0.4 is 17.2 Å². The highest BCUT2D eigenvalue weighted by Gasteiger charge is 2.09. The minimum Gasteiger partial charge on any atom is -0.508 e. The number of rotatable bonds is 6. The number of nitrogens with zero attached hydrogens (tertiary/aromatic N) is 1. The Bertz CT molecular complexity index is 526. The topological polar surface area (TPSA) is 148 Å². The number of nitrogens with two attached hydrogens (primary N) is 3. The molecule has 0 radical (unpaired) electrons.